The molecular formula is C15H24O2. The topological polar surface area (TPSA) is 26.3 Å². The van der Waals surface area contributed by atoms with Crippen molar-refractivity contribution in [1.29, 1.82) is 0 Å². The quantitative estimate of drug-likeness (QED) is 0.699. The van der Waals surface area contributed by atoms with Crippen LogP contribution in [0.5, 0.6) is 0 Å². The van der Waals surface area contributed by atoms with Crippen LogP contribution in [0.25, 0.3) is 0 Å². The van der Waals surface area contributed by atoms with E-state index in [1.807, 2.05) is 6.92 Å². The van der Waals surface area contributed by atoms with E-state index in [9.17, 15) is 4.79 Å². The zero-order valence-electron chi connectivity index (χ0n) is 11.5. The molecule has 2 bridgehead atoms. The molecule has 0 spiro atoms. The monoisotopic (exact) mass is 236 g/mol. The number of ketones is 1. The fourth-order valence-corrected chi connectivity index (χ4v) is 3.26. The van der Waals surface area contributed by atoms with Crippen molar-refractivity contribution in [3.05, 3.63) is 11.6 Å². The lowest BCUT2D eigenvalue weighted by Crippen LogP contribution is -2.60. The van der Waals surface area contributed by atoms with E-state index in [1.165, 1.54) is 5.57 Å². The summed E-state index contributed by atoms with van der Waals surface area (Å²) in [5.74, 6) is 0.746. The highest BCUT2D eigenvalue weighted by atomic mass is 16.5. The molecule has 0 amide bonds. The zero-order valence-corrected chi connectivity index (χ0v) is 11.5. The van der Waals surface area contributed by atoms with Crippen LogP contribution in [0.2, 0.25) is 0 Å². The molecule has 3 unspecified atom stereocenters. The minimum Gasteiger partial charge on any atom is -0.361 e. The van der Waals surface area contributed by atoms with E-state index >= 15 is 0 Å². The molecule has 2 heteroatoms. The summed E-state index contributed by atoms with van der Waals surface area (Å²) in [5, 5.41) is 0. The van der Waals surface area contributed by atoms with Crippen LogP contribution in [0.15, 0.2) is 11.6 Å². The molecule has 17 heavy (non-hydrogen) atoms. The second kappa shape index (κ2) is 4.24. The standard InChI is InChI=1S/C15H24O2/c1-11(2)6-5-8-14(3)12-7-9-15(4,17-14)13(16)10-12/h6,12H,5,7-10H2,1-4H3. The van der Waals surface area contributed by atoms with Crippen molar-refractivity contribution in [3.8, 4) is 0 Å². The van der Waals surface area contributed by atoms with Gasteiger partial charge in [-0.3, -0.25) is 4.79 Å². The average molecular weight is 236 g/mol. The van der Waals surface area contributed by atoms with Gasteiger partial charge < -0.3 is 4.74 Å². The molecule has 2 nitrogen and oxygen atoms in total. The van der Waals surface area contributed by atoms with E-state index in [4.69, 9.17) is 4.74 Å². The van der Waals surface area contributed by atoms with Gasteiger partial charge in [-0.25, -0.2) is 0 Å². The third-order valence-electron chi connectivity index (χ3n) is 4.51. The van der Waals surface area contributed by atoms with Crippen LogP contribution >= 0.6 is 0 Å². The molecule has 1 saturated carbocycles. The Morgan fingerprint density at radius 3 is 2.71 bits per heavy atom. The lowest BCUT2D eigenvalue weighted by Gasteiger charge is -2.54. The summed E-state index contributed by atoms with van der Waals surface area (Å²) in [6, 6.07) is 0. The Kier molecular flexibility index (Phi) is 3.19. The number of carbonyl (C=O) groups is 1. The first-order valence-electron chi connectivity index (χ1n) is 6.73. The number of Topliss-reactive ketones (excluding diaryl/α,β-unsaturated/α-hetero) is 1. The predicted molar refractivity (Wildman–Crippen MR) is 68.9 cm³/mol. The molecule has 2 aliphatic heterocycles. The van der Waals surface area contributed by atoms with E-state index in [-0.39, 0.29) is 5.60 Å². The van der Waals surface area contributed by atoms with E-state index in [2.05, 4.69) is 26.8 Å². The number of allylic oxidation sites excluding steroid dienone is 2. The molecule has 0 N–H and O–H groups in total. The van der Waals surface area contributed by atoms with Crippen LogP contribution in [0, 0.1) is 5.92 Å². The SMILES string of the molecule is CC(C)=CCCC1(C)OC2(C)CCC1CC2=O. The molecule has 3 atom stereocenters. The summed E-state index contributed by atoms with van der Waals surface area (Å²) in [7, 11) is 0. The van der Waals surface area contributed by atoms with Crippen molar-refractivity contribution in [2.45, 2.75) is 71.0 Å². The third kappa shape index (κ3) is 2.33. The van der Waals surface area contributed by atoms with Gasteiger partial charge in [0.15, 0.2) is 5.78 Å². The Morgan fingerprint density at radius 1 is 1.47 bits per heavy atom. The molecule has 0 aromatic heterocycles. The Hall–Kier alpha value is -0.630. The minimum atomic E-state index is -0.492. The molecule has 0 aromatic carbocycles. The van der Waals surface area contributed by atoms with Crippen molar-refractivity contribution in [2.24, 2.45) is 5.92 Å². The Balaban J connectivity index is 2.07. The zero-order chi connectivity index (χ0) is 12.7. The smallest absolute Gasteiger partial charge is 0.164 e. The van der Waals surface area contributed by atoms with Crippen LogP contribution in [0.1, 0.15) is 59.8 Å². The first-order chi connectivity index (χ1) is 7.86. The molecule has 96 valence electrons. The van der Waals surface area contributed by atoms with Gasteiger partial charge in [-0.1, -0.05) is 11.6 Å². The molecule has 2 saturated heterocycles. The highest BCUT2D eigenvalue weighted by Gasteiger charge is 2.54. The summed E-state index contributed by atoms with van der Waals surface area (Å²) in [4.78, 5) is 11.9. The van der Waals surface area contributed by atoms with E-state index in [0.29, 0.717) is 11.7 Å². The molecule has 0 radical (unpaired) electrons. The lowest BCUT2D eigenvalue weighted by atomic mass is 9.66. The van der Waals surface area contributed by atoms with Gasteiger partial charge in [0.1, 0.15) is 5.60 Å². The van der Waals surface area contributed by atoms with Crippen LogP contribution in [-0.4, -0.2) is 17.0 Å². The van der Waals surface area contributed by atoms with Gasteiger partial charge in [0.25, 0.3) is 0 Å². The largest absolute Gasteiger partial charge is 0.361 e. The van der Waals surface area contributed by atoms with Crippen molar-refractivity contribution in [3.63, 3.8) is 0 Å². The van der Waals surface area contributed by atoms with Crippen LogP contribution in [0.4, 0.5) is 0 Å². The molecule has 2 heterocycles. The fraction of sp³-hybridized carbons (Fsp3) is 0.800. The Labute approximate surface area is 104 Å². The maximum atomic E-state index is 11.9. The number of ether oxygens (including phenoxy) is 1. The summed E-state index contributed by atoms with van der Waals surface area (Å²) in [6.07, 6.45) is 7.14. The molecule has 3 aliphatic rings. The minimum absolute atomic E-state index is 0.0904. The number of rotatable bonds is 3. The van der Waals surface area contributed by atoms with Crippen molar-refractivity contribution >= 4 is 5.78 Å². The van der Waals surface area contributed by atoms with Crippen LogP contribution < -0.4 is 0 Å². The first-order valence-corrected chi connectivity index (χ1v) is 6.73. The fourth-order valence-electron chi connectivity index (χ4n) is 3.26. The van der Waals surface area contributed by atoms with Gasteiger partial charge in [-0.2, -0.15) is 0 Å². The highest BCUT2D eigenvalue weighted by molar-refractivity contribution is 5.88. The van der Waals surface area contributed by atoms with Crippen LogP contribution in [0.3, 0.4) is 0 Å². The first kappa shape index (κ1) is 12.8. The molecule has 3 fully saturated rings. The lowest BCUT2D eigenvalue weighted by molar-refractivity contribution is -0.228. The maximum absolute atomic E-state index is 11.9. The molecular weight excluding hydrogens is 212 g/mol. The average Bonchev–Trinajstić information content (AvgIpc) is 2.20. The van der Waals surface area contributed by atoms with Crippen LogP contribution in [-0.2, 0) is 9.53 Å². The molecule has 3 rings (SSSR count). The Bertz CT molecular complexity index is 354. The number of fused-ring (bicyclic) bond motifs is 3. The second-order valence-electron chi connectivity index (χ2n) is 6.33. The van der Waals surface area contributed by atoms with E-state index < -0.39 is 5.60 Å². The number of carbonyl (C=O) groups excluding carboxylic acids is 1. The van der Waals surface area contributed by atoms with Gasteiger partial charge in [-0.05, 0) is 59.3 Å². The van der Waals surface area contributed by atoms with Gasteiger partial charge >= 0.3 is 0 Å². The summed E-state index contributed by atoms with van der Waals surface area (Å²) in [5.41, 5.74) is 0.776. The van der Waals surface area contributed by atoms with Gasteiger partial charge in [0.2, 0.25) is 0 Å². The highest BCUT2D eigenvalue weighted by Crippen LogP contribution is 2.49. The van der Waals surface area contributed by atoms with Gasteiger partial charge in [0, 0.05) is 6.42 Å². The van der Waals surface area contributed by atoms with Crippen molar-refractivity contribution in [1.82, 2.24) is 0 Å². The summed E-state index contributed by atoms with van der Waals surface area (Å²) < 4.78 is 6.18. The Morgan fingerprint density at radius 2 is 2.18 bits per heavy atom. The summed E-state index contributed by atoms with van der Waals surface area (Å²) in [6.45, 7) is 8.42. The van der Waals surface area contributed by atoms with Gasteiger partial charge in [-0.15, -0.1) is 0 Å². The van der Waals surface area contributed by atoms with E-state index in [0.717, 1.165) is 32.1 Å². The van der Waals surface area contributed by atoms with Gasteiger partial charge in [0.05, 0.1) is 5.60 Å². The maximum Gasteiger partial charge on any atom is 0.164 e. The summed E-state index contributed by atoms with van der Waals surface area (Å²) >= 11 is 0. The van der Waals surface area contributed by atoms with Crippen molar-refractivity contribution < 1.29 is 9.53 Å². The van der Waals surface area contributed by atoms with Crippen molar-refractivity contribution in [2.75, 3.05) is 0 Å². The predicted octanol–water partition coefficient (Wildman–Crippen LogP) is 3.65. The second-order valence-corrected chi connectivity index (χ2v) is 6.33. The normalized spacial score (nSPS) is 40.5. The molecule has 0 aromatic rings. The molecule has 1 aliphatic carbocycles. The third-order valence-corrected chi connectivity index (χ3v) is 4.51. The number of hydrogen-bond donors (Lipinski definition) is 0. The van der Waals surface area contributed by atoms with E-state index in [1.54, 1.807) is 0 Å². The number of hydrogen-bond acceptors (Lipinski definition) is 2.